The molecule has 1 saturated heterocycles. The summed E-state index contributed by atoms with van der Waals surface area (Å²) in [6, 6.07) is 11.8. The lowest BCUT2D eigenvalue weighted by Gasteiger charge is -2.17. The van der Waals surface area contributed by atoms with E-state index in [2.05, 4.69) is 0 Å². The summed E-state index contributed by atoms with van der Waals surface area (Å²) in [4.78, 5) is 48.9. The molecule has 1 amide bonds. The number of ketones is 1. The van der Waals surface area contributed by atoms with Gasteiger partial charge < -0.3 is 9.64 Å². The summed E-state index contributed by atoms with van der Waals surface area (Å²) in [5.74, 6) is -2.15. The monoisotopic (exact) mass is 416 g/mol. The Hall–Kier alpha value is -3.26. The van der Waals surface area contributed by atoms with Gasteiger partial charge >= 0.3 is 5.97 Å². The highest BCUT2D eigenvalue weighted by atomic mass is 35.5. The van der Waals surface area contributed by atoms with Gasteiger partial charge in [0.2, 0.25) is 11.7 Å². The maximum atomic E-state index is 12.5. The van der Waals surface area contributed by atoms with E-state index in [4.69, 9.17) is 16.3 Å². The molecule has 29 heavy (non-hydrogen) atoms. The van der Waals surface area contributed by atoms with E-state index < -0.39 is 22.9 Å². The molecule has 0 aliphatic carbocycles. The predicted octanol–water partition coefficient (Wildman–Crippen LogP) is 3.42. The van der Waals surface area contributed by atoms with Crippen LogP contribution in [0.1, 0.15) is 23.7 Å². The average Bonchev–Trinajstić information content (AvgIpc) is 3.10. The average molecular weight is 417 g/mol. The number of nitro groups is 1. The number of amides is 1. The molecule has 0 unspecified atom stereocenters. The second kappa shape index (κ2) is 8.40. The van der Waals surface area contributed by atoms with Crippen molar-refractivity contribution in [1.82, 2.24) is 0 Å². The van der Waals surface area contributed by atoms with Gasteiger partial charge in [-0.15, -0.1) is 0 Å². The Labute approximate surface area is 171 Å². The number of carbonyl (C=O) groups is 3. The lowest BCUT2D eigenvalue weighted by Crippen LogP contribution is -2.30. The number of esters is 1. The van der Waals surface area contributed by atoms with Crippen molar-refractivity contribution in [3.05, 3.63) is 69.2 Å². The number of Topliss-reactive ketones (excluding diaryl/α,β-unsaturated/α-hetero) is 1. The summed E-state index contributed by atoms with van der Waals surface area (Å²) < 4.78 is 5.27. The first-order chi connectivity index (χ1) is 13.8. The van der Waals surface area contributed by atoms with E-state index in [1.165, 1.54) is 42.2 Å². The van der Waals surface area contributed by atoms with Crippen molar-refractivity contribution in [2.75, 3.05) is 11.4 Å². The van der Waals surface area contributed by atoms with Crippen LogP contribution in [-0.4, -0.2) is 35.2 Å². The van der Waals surface area contributed by atoms with Crippen molar-refractivity contribution in [3.8, 4) is 0 Å². The highest BCUT2D eigenvalue weighted by Gasteiger charge is 2.37. The topological polar surface area (TPSA) is 107 Å². The summed E-state index contributed by atoms with van der Waals surface area (Å²) in [6.45, 7) is 1.49. The molecule has 1 aliphatic heterocycles. The third kappa shape index (κ3) is 4.60. The third-order valence-corrected chi connectivity index (χ3v) is 4.85. The second-order valence-electron chi connectivity index (χ2n) is 6.63. The lowest BCUT2D eigenvalue weighted by atomic mass is 10.1. The first-order valence-corrected chi connectivity index (χ1v) is 9.19. The van der Waals surface area contributed by atoms with Gasteiger partial charge in [-0.1, -0.05) is 17.7 Å². The summed E-state index contributed by atoms with van der Waals surface area (Å²) in [5.41, 5.74) is 0.545. The van der Waals surface area contributed by atoms with E-state index in [1.54, 1.807) is 18.2 Å². The highest BCUT2D eigenvalue weighted by Crippen LogP contribution is 2.28. The Kier molecular flexibility index (Phi) is 5.93. The van der Waals surface area contributed by atoms with Gasteiger partial charge in [0.1, 0.15) is 0 Å². The van der Waals surface area contributed by atoms with Crippen molar-refractivity contribution < 1.29 is 24.0 Å². The summed E-state index contributed by atoms with van der Waals surface area (Å²) >= 11 is 5.80. The minimum atomic E-state index is -1.02. The Morgan fingerprint density at radius 1 is 1.24 bits per heavy atom. The zero-order valence-corrected chi connectivity index (χ0v) is 16.2. The summed E-state index contributed by atoms with van der Waals surface area (Å²) in [6.07, 6.45) is -1.12. The fourth-order valence-corrected chi connectivity index (χ4v) is 3.19. The van der Waals surface area contributed by atoms with Crippen LogP contribution in [0.2, 0.25) is 5.02 Å². The number of halogens is 1. The molecular weight excluding hydrogens is 400 g/mol. The molecule has 8 nitrogen and oxygen atoms in total. The van der Waals surface area contributed by atoms with Gasteiger partial charge in [-0.05, 0) is 37.3 Å². The highest BCUT2D eigenvalue weighted by molar-refractivity contribution is 6.30. The molecule has 0 N–H and O–H groups in total. The smallest absolute Gasteiger partial charge is 0.312 e. The molecule has 2 aromatic rings. The second-order valence-corrected chi connectivity index (χ2v) is 7.07. The molecule has 0 bridgehead atoms. The first-order valence-electron chi connectivity index (χ1n) is 8.81. The molecule has 2 atom stereocenters. The number of benzene rings is 2. The quantitative estimate of drug-likeness (QED) is 0.309. The normalized spacial score (nSPS) is 17.1. The molecule has 1 fully saturated rings. The summed E-state index contributed by atoms with van der Waals surface area (Å²) in [5, 5.41) is 11.4. The van der Waals surface area contributed by atoms with Crippen molar-refractivity contribution in [2.24, 2.45) is 5.92 Å². The molecule has 1 heterocycles. The SMILES string of the molecule is C[C@H](OC(=O)[C@@H]1CC(=O)N(c2cccc([N+](=O)[O-])c2)C1)C(=O)c1ccc(Cl)cc1. The Balaban J connectivity index is 1.65. The zero-order chi connectivity index (χ0) is 21.1. The van der Waals surface area contributed by atoms with E-state index in [0.717, 1.165) is 0 Å². The molecule has 0 radical (unpaired) electrons. The maximum absolute atomic E-state index is 12.5. The molecular formula is C20H17ClN2O6. The van der Waals surface area contributed by atoms with Crippen LogP contribution in [-0.2, 0) is 14.3 Å². The minimum Gasteiger partial charge on any atom is -0.454 e. The largest absolute Gasteiger partial charge is 0.454 e. The molecule has 150 valence electrons. The molecule has 1 aliphatic rings. The zero-order valence-electron chi connectivity index (χ0n) is 15.4. The van der Waals surface area contributed by atoms with Crippen LogP contribution < -0.4 is 4.90 Å². The van der Waals surface area contributed by atoms with Crippen molar-refractivity contribution >= 4 is 40.6 Å². The number of ether oxygens (including phenoxy) is 1. The summed E-state index contributed by atoms with van der Waals surface area (Å²) in [7, 11) is 0. The van der Waals surface area contributed by atoms with Gasteiger partial charge in [-0.25, -0.2) is 0 Å². The Bertz CT molecular complexity index is 975. The Morgan fingerprint density at radius 2 is 1.93 bits per heavy atom. The number of nitrogens with zero attached hydrogens (tertiary/aromatic N) is 2. The number of hydrogen-bond acceptors (Lipinski definition) is 6. The number of anilines is 1. The van der Waals surface area contributed by atoms with Gasteiger partial charge in [0.25, 0.3) is 5.69 Å². The predicted molar refractivity (Wildman–Crippen MR) is 105 cm³/mol. The molecule has 9 heteroatoms. The van der Waals surface area contributed by atoms with E-state index in [1.807, 2.05) is 0 Å². The van der Waals surface area contributed by atoms with Gasteiger partial charge in [0, 0.05) is 35.7 Å². The molecule has 2 aromatic carbocycles. The van der Waals surface area contributed by atoms with Crippen molar-refractivity contribution in [2.45, 2.75) is 19.4 Å². The Morgan fingerprint density at radius 3 is 2.59 bits per heavy atom. The van der Waals surface area contributed by atoms with E-state index in [-0.39, 0.29) is 30.3 Å². The van der Waals surface area contributed by atoms with Crippen LogP contribution in [0.5, 0.6) is 0 Å². The number of rotatable bonds is 6. The van der Waals surface area contributed by atoms with Crippen molar-refractivity contribution in [1.29, 1.82) is 0 Å². The van der Waals surface area contributed by atoms with Gasteiger partial charge in [0.15, 0.2) is 6.10 Å². The number of carbonyl (C=O) groups excluding carboxylic acids is 3. The third-order valence-electron chi connectivity index (χ3n) is 4.60. The molecule has 3 rings (SSSR count). The van der Waals surface area contributed by atoms with Crippen LogP contribution in [0, 0.1) is 16.0 Å². The molecule has 0 spiro atoms. The van der Waals surface area contributed by atoms with Crippen LogP contribution in [0.3, 0.4) is 0 Å². The van der Waals surface area contributed by atoms with Gasteiger partial charge in [-0.2, -0.15) is 0 Å². The van der Waals surface area contributed by atoms with Crippen molar-refractivity contribution in [3.63, 3.8) is 0 Å². The molecule has 0 aromatic heterocycles. The number of nitro benzene ring substituents is 1. The van der Waals surface area contributed by atoms with E-state index in [9.17, 15) is 24.5 Å². The fraction of sp³-hybridized carbons (Fsp3) is 0.250. The molecule has 0 saturated carbocycles. The number of hydrogen-bond donors (Lipinski definition) is 0. The van der Waals surface area contributed by atoms with E-state index in [0.29, 0.717) is 16.3 Å². The fourth-order valence-electron chi connectivity index (χ4n) is 3.06. The van der Waals surface area contributed by atoms with Crippen LogP contribution >= 0.6 is 11.6 Å². The van der Waals surface area contributed by atoms with Crippen LogP contribution in [0.4, 0.5) is 11.4 Å². The van der Waals surface area contributed by atoms with Gasteiger partial charge in [0.05, 0.1) is 16.5 Å². The lowest BCUT2D eigenvalue weighted by molar-refractivity contribution is -0.384. The first kappa shape index (κ1) is 20.5. The van der Waals surface area contributed by atoms with Crippen LogP contribution in [0.15, 0.2) is 48.5 Å². The minimum absolute atomic E-state index is 0.0285. The van der Waals surface area contributed by atoms with Gasteiger partial charge in [-0.3, -0.25) is 24.5 Å². The maximum Gasteiger partial charge on any atom is 0.312 e. The number of non-ortho nitro benzene ring substituents is 1. The van der Waals surface area contributed by atoms with E-state index >= 15 is 0 Å². The van der Waals surface area contributed by atoms with Crippen LogP contribution in [0.25, 0.3) is 0 Å². The standard InChI is InChI=1S/C20H17ClN2O6/c1-12(19(25)13-5-7-15(21)8-6-13)29-20(26)14-9-18(24)22(11-14)16-3-2-4-17(10-16)23(27)28/h2-8,10,12,14H,9,11H2,1H3/t12-,14+/m0/s1.